The summed E-state index contributed by atoms with van der Waals surface area (Å²) in [7, 11) is 0. The number of nitrogens with one attached hydrogen (secondary N) is 1. The van der Waals surface area contributed by atoms with Gasteiger partial charge in [-0.2, -0.15) is 13.2 Å². The van der Waals surface area contributed by atoms with E-state index in [1.807, 2.05) is 0 Å². The number of nitrogens with two attached hydrogens (primary N) is 1. The van der Waals surface area contributed by atoms with Crippen molar-refractivity contribution >= 4 is 29.9 Å². The van der Waals surface area contributed by atoms with Crippen molar-refractivity contribution in [3.8, 4) is 0 Å². The normalized spacial score (nSPS) is 19.3. The summed E-state index contributed by atoms with van der Waals surface area (Å²) >= 11 is 0. The van der Waals surface area contributed by atoms with Crippen molar-refractivity contribution in [1.82, 2.24) is 4.90 Å². The van der Waals surface area contributed by atoms with Gasteiger partial charge in [-0.25, -0.2) is 0 Å². The van der Waals surface area contributed by atoms with Crippen LogP contribution in [0.5, 0.6) is 0 Å². The molecule has 1 fully saturated rings. The van der Waals surface area contributed by atoms with Crippen LogP contribution in [0.25, 0.3) is 0 Å². The zero-order valence-electron chi connectivity index (χ0n) is 15.1. The molecule has 2 amide bonds. The molecule has 0 radical (unpaired) electrons. The number of amides is 2. The number of alkyl halides is 3. The average molecular weight is 408 g/mol. The molecular formula is C18H25ClF3N3O2. The molecule has 152 valence electrons. The summed E-state index contributed by atoms with van der Waals surface area (Å²) in [6.45, 7) is 1.25. The average Bonchev–Trinajstić information content (AvgIpc) is 2.96. The van der Waals surface area contributed by atoms with Crippen molar-refractivity contribution in [3.05, 3.63) is 29.8 Å². The Kier molecular flexibility index (Phi) is 8.56. The molecule has 0 unspecified atom stereocenters. The Bertz CT molecular complexity index is 655. The highest BCUT2D eigenvalue weighted by atomic mass is 35.5. The second kappa shape index (κ2) is 9.94. The number of anilines is 1. The van der Waals surface area contributed by atoms with Gasteiger partial charge in [-0.05, 0) is 43.4 Å². The van der Waals surface area contributed by atoms with Gasteiger partial charge in [0.25, 0.3) is 0 Å². The lowest BCUT2D eigenvalue weighted by atomic mass is 10.00. The summed E-state index contributed by atoms with van der Waals surface area (Å²) in [4.78, 5) is 24.3. The standard InChI is InChI=1S/C18H24F3N3O2.ClH/c1-2-24(17(26)18(19,20)21)11-12-5-3-7-14(9-12)23-16(25)10-13-6-4-8-15(13)22;/h3,5,7,9,13,15H,2,4,6,8,10-11,22H2,1H3,(H,23,25);1H/t13-,15+;/m0./s1. The van der Waals surface area contributed by atoms with Crippen LogP contribution in [-0.2, 0) is 16.1 Å². The third kappa shape index (κ3) is 6.70. The molecule has 0 heterocycles. The minimum absolute atomic E-state index is 0. The molecule has 1 aliphatic rings. The Morgan fingerprint density at radius 3 is 2.56 bits per heavy atom. The largest absolute Gasteiger partial charge is 0.471 e. The van der Waals surface area contributed by atoms with Gasteiger partial charge in [-0.3, -0.25) is 9.59 Å². The molecule has 1 aromatic rings. The Morgan fingerprint density at radius 2 is 2.00 bits per heavy atom. The Hall–Kier alpha value is -1.80. The molecule has 3 N–H and O–H groups in total. The highest BCUT2D eigenvalue weighted by molar-refractivity contribution is 5.91. The Balaban J connectivity index is 0.00000364. The van der Waals surface area contributed by atoms with Crippen LogP contribution in [0.4, 0.5) is 18.9 Å². The second-order valence-electron chi connectivity index (χ2n) is 6.62. The van der Waals surface area contributed by atoms with Crippen molar-refractivity contribution < 1.29 is 22.8 Å². The number of carbonyl (C=O) groups is 2. The third-order valence-electron chi connectivity index (χ3n) is 4.66. The van der Waals surface area contributed by atoms with Gasteiger partial charge >= 0.3 is 12.1 Å². The maximum absolute atomic E-state index is 12.6. The van der Waals surface area contributed by atoms with Gasteiger partial charge in [0.2, 0.25) is 5.91 Å². The predicted molar refractivity (Wildman–Crippen MR) is 99.4 cm³/mol. The van der Waals surface area contributed by atoms with Crippen molar-refractivity contribution in [2.24, 2.45) is 11.7 Å². The van der Waals surface area contributed by atoms with E-state index in [1.165, 1.54) is 6.92 Å². The summed E-state index contributed by atoms with van der Waals surface area (Å²) in [5.74, 6) is -1.87. The van der Waals surface area contributed by atoms with Crippen molar-refractivity contribution in [2.75, 3.05) is 11.9 Å². The lowest BCUT2D eigenvalue weighted by molar-refractivity contribution is -0.185. The number of hydrogen-bond donors (Lipinski definition) is 2. The summed E-state index contributed by atoms with van der Waals surface area (Å²) < 4.78 is 37.8. The van der Waals surface area contributed by atoms with E-state index in [4.69, 9.17) is 5.73 Å². The van der Waals surface area contributed by atoms with Crippen LogP contribution in [0.2, 0.25) is 0 Å². The zero-order chi connectivity index (χ0) is 19.3. The number of nitrogens with zero attached hydrogens (tertiary/aromatic N) is 1. The molecule has 0 aromatic heterocycles. The van der Waals surface area contributed by atoms with Gasteiger partial charge in [0.1, 0.15) is 0 Å². The van der Waals surface area contributed by atoms with Crippen LogP contribution >= 0.6 is 12.4 Å². The molecule has 5 nitrogen and oxygen atoms in total. The first-order valence-corrected chi connectivity index (χ1v) is 8.71. The highest BCUT2D eigenvalue weighted by Crippen LogP contribution is 2.27. The molecule has 1 aliphatic carbocycles. The molecule has 0 bridgehead atoms. The van der Waals surface area contributed by atoms with Crippen LogP contribution in [0.1, 0.15) is 38.2 Å². The van der Waals surface area contributed by atoms with Gasteiger partial charge in [0.05, 0.1) is 0 Å². The van der Waals surface area contributed by atoms with Crippen LogP contribution in [0, 0.1) is 5.92 Å². The molecule has 0 spiro atoms. The van der Waals surface area contributed by atoms with Gasteiger partial charge in [-0.15, -0.1) is 12.4 Å². The monoisotopic (exact) mass is 407 g/mol. The molecule has 1 aromatic carbocycles. The van der Waals surface area contributed by atoms with E-state index in [0.29, 0.717) is 17.7 Å². The van der Waals surface area contributed by atoms with Crippen LogP contribution in [-0.4, -0.2) is 35.5 Å². The first kappa shape index (κ1) is 23.2. The minimum Gasteiger partial charge on any atom is -0.331 e. The van der Waals surface area contributed by atoms with Crippen molar-refractivity contribution in [1.29, 1.82) is 0 Å². The van der Waals surface area contributed by atoms with Gasteiger partial charge in [0.15, 0.2) is 0 Å². The van der Waals surface area contributed by atoms with Gasteiger partial charge in [0, 0.05) is 31.2 Å². The van der Waals surface area contributed by atoms with Crippen LogP contribution in [0.15, 0.2) is 24.3 Å². The Labute approximate surface area is 162 Å². The molecule has 0 saturated heterocycles. The molecule has 27 heavy (non-hydrogen) atoms. The third-order valence-corrected chi connectivity index (χ3v) is 4.66. The second-order valence-corrected chi connectivity index (χ2v) is 6.62. The van der Waals surface area contributed by atoms with Crippen LogP contribution in [0.3, 0.4) is 0 Å². The van der Waals surface area contributed by atoms with E-state index < -0.39 is 12.1 Å². The zero-order valence-corrected chi connectivity index (χ0v) is 15.9. The van der Waals surface area contributed by atoms with E-state index in [1.54, 1.807) is 24.3 Å². The number of carbonyl (C=O) groups excluding carboxylic acids is 2. The van der Waals surface area contributed by atoms with Crippen LogP contribution < -0.4 is 11.1 Å². The van der Waals surface area contributed by atoms with E-state index >= 15 is 0 Å². The Morgan fingerprint density at radius 1 is 1.30 bits per heavy atom. The lowest BCUT2D eigenvalue weighted by Crippen LogP contribution is -2.40. The minimum atomic E-state index is -4.90. The SMILES string of the molecule is CCN(Cc1cccc(NC(=O)C[C@@H]2CCC[C@H]2N)c1)C(=O)C(F)(F)F.Cl. The van der Waals surface area contributed by atoms with Gasteiger partial charge < -0.3 is 16.0 Å². The first-order chi connectivity index (χ1) is 12.2. The topological polar surface area (TPSA) is 75.4 Å². The summed E-state index contributed by atoms with van der Waals surface area (Å²) in [5.41, 5.74) is 6.98. The van der Waals surface area contributed by atoms with E-state index in [2.05, 4.69) is 5.32 Å². The number of rotatable bonds is 6. The van der Waals surface area contributed by atoms with Gasteiger partial charge in [-0.1, -0.05) is 18.6 Å². The highest BCUT2D eigenvalue weighted by Gasteiger charge is 2.41. The maximum Gasteiger partial charge on any atom is 0.471 e. The van der Waals surface area contributed by atoms with Crippen molar-refractivity contribution in [2.45, 2.75) is 51.4 Å². The summed E-state index contributed by atoms with van der Waals surface area (Å²) in [6, 6.07) is 6.54. The number of hydrogen-bond acceptors (Lipinski definition) is 3. The predicted octanol–water partition coefficient (Wildman–Crippen LogP) is 3.48. The fourth-order valence-electron chi connectivity index (χ4n) is 3.24. The number of benzene rings is 1. The lowest BCUT2D eigenvalue weighted by Gasteiger charge is -2.22. The van der Waals surface area contributed by atoms with Crippen molar-refractivity contribution in [3.63, 3.8) is 0 Å². The summed E-state index contributed by atoms with van der Waals surface area (Å²) in [5, 5.41) is 2.76. The molecule has 1 saturated carbocycles. The molecule has 9 heteroatoms. The first-order valence-electron chi connectivity index (χ1n) is 8.71. The fourth-order valence-corrected chi connectivity index (χ4v) is 3.24. The quantitative estimate of drug-likeness (QED) is 0.758. The summed E-state index contributed by atoms with van der Waals surface area (Å²) in [6.07, 6.45) is -1.69. The fraction of sp³-hybridized carbons (Fsp3) is 0.556. The number of halogens is 4. The van der Waals surface area contributed by atoms with E-state index in [0.717, 1.165) is 24.2 Å². The molecule has 0 aliphatic heterocycles. The molecule has 2 rings (SSSR count). The maximum atomic E-state index is 12.6. The van der Waals surface area contributed by atoms with E-state index in [9.17, 15) is 22.8 Å². The molecular weight excluding hydrogens is 383 g/mol. The smallest absolute Gasteiger partial charge is 0.331 e. The molecule has 2 atom stereocenters. The van der Waals surface area contributed by atoms with E-state index in [-0.39, 0.29) is 43.4 Å².